The van der Waals surface area contributed by atoms with E-state index < -0.39 is 18.4 Å². The number of alkyl halides is 2. The number of allylic oxidation sites excluding steroid dienone is 7. The van der Waals surface area contributed by atoms with E-state index in [1.807, 2.05) is 26.1 Å². The maximum Gasteiger partial charge on any atom is 0.247 e. The molecule has 0 saturated carbocycles. The predicted octanol–water partition coefficient (Wildman–Crippen LogP) is 5.97. The molecule has 2 rings (SSSR count). The summed E-state index contributed by atoms with van der Waals surface area (Å²) in [7, 11) is 1.98. The Labute approximate surface area is 187 Å². The Balaban J connectivity index is 2.05. The molecule has 0 spiro atoms. The van der Waals surface area contributed by atoms with Crippen LogP contribution in [0.2, 0.25) is 0 Å². The van der Waals surface area contributed by atoms with E-state index in [0.29, 0.717) is 29.7 Å². The van der Waals surface area contributed by atoms with Gasteiger partial charge in [-0.2, -0.15) is 0 Å². The minimum absolute atomic E-state index is 0.339. The maximum atomic E-state index is 14.0. The second-order valence-corrected chi connectivity index (χ2v) is 8.47. The first-order chi connectivity index (χ1) is 15.0. The molecule has 1 aliphatic heterocycles. The molecule has 1 heterocycles. The molecule has 31 heavy (non-hydrogen) atoms. The number of dihydropyridines is 1. The third-order valence-electron chi connectivity index (χ3n) is 6.28. The highest BCUT2D eigenvalue weighted by Crippen LogP contribution is 2.36. The van der Waals surface area contributed by atoms with Crippen LogP contribution in [0.3, 0.4) is 0 Å². The van der Waals surface area contributed by atoms with Gasteiger partial charge in [-0.25, -0.2) is 8.78 Å². The van der Waals surface area contributed by atoms with Gasteiger partial charge in [0.1, 0.15) is 5.84 Å². The molecular weight excluding hydrogens is 392 g/mol. The normalized spacial score (nSPS) is 25.2. The van der Waals surface area contributed by atoms with E-state index in [4.69, 9.17) is 5.73 Å². The number of amidine groups is 1. The van der Waals surface area contributed by atoms with Crippen LogP contribution in [-0.4, -0.2) is 31.9 Å². The van der Waals surface area contributed by atoms with E-state index in [1.165, 1.54) is 0 Å². The molecule has 3 N–H and O–H groups in total. The minimum Gasteiger partial charge on any atom is -0.384 e. The number of hydrogen-bond donors (Lipinski definition) is 2. The first kappa shape index (κ1) is 25.3. The van der Waals surface area contributed by atoms with Crippen LogP contribution in [0.5, 0.6) is 0 Å². The highest BCUT2D eigenvalue weighted by Gasteiger charge is 2.34. The fraction of sp³-hybridized carbons (Fsp3) is 0.577. The summed E-state index contributed by atoms with van der Waals surface area (Å²) >= 11 is 0. The van der Waals surface area contributed by atoms with Crippen molar-refractivity contribution in [2.45, 2.75) is 64.8 Å². The van der Waals surface area contributed by atoms with Gasteiger partial charge >= 0.3 is 0 Å². The summed E-state index contributed by atoms with van der Waals surface area (Å²) in [4.78, 5) is 4.31. The molecule has 0 bridgehead atoms. The van der Waals surface area contributed by atoms with E-state index in [9.17, 15) is 8.78 Å². The molecule has 3 nitrogen and oxygen atoms in total. The van der Waals surface area contributed by atoms with E-state index in [-0.39, 0.29) is 0 Å². The van der Waals surface area contributed by atoms with Crippen molar-refractivity contribution >= 4 is 5.84 Å². The Morgan fingerprint density at radius 2 is 2.06 bits per heavy atom. The summed E-state index contributed by atoms with van der Waals surface area (Å²) in [5.74, 6) is 0.583. The lowest BCUT2D eigenvalue weighted by molar-refractivity contribution is 0.0872. The number of aliphatic imine (C=N–C) groups is 1. The van der Waals surface area contributed by atoms with E-state index >= 15 is 0 Å². The van der Waals surface area contributed by atoms with Gasteiger partial charge in [0.2, 0.25) is 6.43 Å². The average Bonchev–Trinajstić information content (AvgIpc) is 2.74. The standard InChI is InChI=1S/C26H39F2N3/c1-4-6-7-8-9-10-23-25(26(27)28)22(18-24(29)31-23)17-19-11-13-21(14-12-19)20(5-2)15-16-30-3/h4,6,9-13,18,20-21,23,25-26,30H,5,7-8,14-17H2,1-3H3,(H2,29,31)/b6-4+,10-9+/t20?,21-,23?,25?/m0/s1. The lowest BCUT2D eigenvalue weighted by Crippen LogP contribution is -2.33. The predicted molar refractivity (Wildman–Crippen MR) is 128 cm³/mol. The van der Waals surface area contributed by atoms with E-state index in [2.05, 4.69) is 41.5 Å². The maximum absolute atomic E-state index is 14.0. The molecule has 0 radical (unpaired) electrons. The molecule has 0 aromatic rings. The molecule has 0 fully saturated rings. The fourth-order valence-corrected chi connectivity index (χ4v) is 4.48. The number of nitrogens with two attached hydrogens (primary N) is 1. The Morgan fingerprint density at radius 3 is 2.68 bits per heavy atom. The topological polar surface area (TPSA) is 50.4 Å². The quantitative estimate of drug-likeness (QED) is 0.295. The van der Waals surface area contributed by atoms with Crippen LogP contribution in [0.15, 0.2) is 64.7 Å². The van der Waals surface area contributed by atoms with Gasteiger partial charge in [-0.3, -0.25) is 4.99 Å². The van der Waals surface area contributed by atoms with E-state index in [1.54, 1.807) is 12.2 Å². The molecule has 172 valence electrons. The Hall–Kier alpha value is -2.01. The number of nitrogens with one attached hydrogen (secondary N) is 1. The molecule has 0 aromatic heterocycles. The van der Waals surface area contributed by atoms with Crippen LogP contribution in [-0.2, 0) is 0 Å². The molecule has 0 saturated heterocycles. The van der Waals surface area contributed by atoms with Crippen LogP contribution in [0.4, 0.5) is 8.78 Å². The van der Waals surface area contributed by atoms with Gasteiger partial charge in [-0.05, 0) is 76.1 Å². The summed E-state index contributed by atoms with van der Waals surface area (Å²) in [6, 6.07) is -0.599. The summed E-state index contributed by atoms with van der Waals surface area (Å²) in [6.07, 6.45) is 19.1. The second kappa shape index (κ2) is 13.4. The number of unbranched alkanes of at least 4 members (excludes halogenated alkanes) is 1. The molecule has 4 atom stereocenters. The van der Waals surface area contributed by atoms with Gasteiger partial charge in [-0.15, -0.1) is 0 Å². The number of hydrogen-bond acceptors (Lipinski definition) is 3. The van der Waals surface area contributed by atoms with Gasteiger partial charge in [0, 0.05) is 0 Å². The van der Waals surface area contributed by atoms with Gasteiger partial charge in [0.05, 0.1) is 12.0 Å². The zero-order valence-electron chi connectivity index (χ0n) is 19.2. The Bertz CT molecular complexity index is 731. The summed E-state index contributed by atoms with van der Waals surface area (Å²) in [5, 5.41) is 3.23. The third-order valence-corrected chi connectivity index (χ3v) is 6.28. The van der Waals surface area contributed by atoms with Crippen LogP contribution in [0.1, 0.15) is 52.4 Å². The second-order valence-electron chi connectivity index (χ2n) is 8.47. The highest BCUT2D eigenvalue weighted by atomic mass is 19.3. The summed E-state index contributed by atoms with van der Waals surface area (Å²) in [6.45, 7) is 5.23. The third kappa shape index (κ3) is 7.88. The molecule has 5 heteroatoms. The molecular formula is C26H39F2N3. The van der Waals surface area contributed by atoms with Crippen LogP contribution >= 0.6 is 0 Å². The van der Waals surface area contributed by atoms with Crippen molar-refractivity contribution in [2.24, 2.45) is 28.5 Å². The lowest BCUT2D eigenvalue weighted by Gasteiger charge is -2.29. The van der Waals surface area contributed by atoms with E-state index in [0.717, 1.165) is 44.2 Å². The van der Waals surface area contributed by atoms with Crippen molar-refractivity contribution < 1.29 is 8.78 Å². The van der Waals surface area contributed by atoms with Gasteiger partial charge in [0.15, 0.2) is 0 Å². The molecule has 3 unspecified atom stereocenters. The highest BCUT2D eigenvalue weighted by molar-refractivity contribution is 5.93. The van der Waals surface area contributed by atoms with Crippen LogP contribution in [0, 0.1) is 17.8 Å². The number of nitrogens with zero attached hydrogens (tertiary/aromatic N) is 1. The fourth-order valence-electron chi connectivity index (χ4n) is 4.48. The molecule has 0 amide bonds. The lowest BCUT2D eigenvalue weighted by atomic mass is 9.79. The first-order valence-electron chi connectivity index (χ1n) is 11.6. The smallest absolute Gasteiger partial charge is 0.247 e. The number of halogens is 2. The van der Waals surface area contributed by atoms with Crippen LogP contribution in [0.25, 0.3) is 0 Å². The van der Waals surface area contributed by atoms with Gasteiger partial charge in [0.25, 0.3) is 0 Å². The summed E-state index contributed by atoms with van der Waals surface area (Å²) < 4.78 is 28.0. The summed E-state index contributed by atoms with van der Waals surface area (Å²) in [5.41, 5.74) is 7.78. The average molecular weight is 432 g/mol. The monoisotopic (exact) mass is 431 g/mol. The first-order valence-corrected chi connectivity index (χ1v) is 11.6. The number of rotatable bonds is 12. The Kier molecular flexibility index (Phi) is 10.9. The van der Waals surface area contributed by atoms with Crippen LogP contribution < -0.4 is 11.1 Å². The van der Waals surface area contributed by atoms with Crippen molar-refractivity contribution in [1.29, 1.82) is 0 Å². The minimum atomic E-state index is -2.47. The van der Waals surface area contributed by atoms with Crippen molar-refractivity contribution in [2.75, 3.05) is 13.6 Å². The van der Waals surface area contributed by atoms with Crippen molar-refractivity contribution in [1.82, 2.24) is 5.32 Å². The molecule has 0 aromatic carbocycles. The van der Waals surface area contributed by atoms with Crippen molar-refractivity contribution in [3.63, 3.8) is 0 Å². The molecule has 1 aliphatic carbocycles. The SMILES string of the molecule is C/C=C/CC/C=C/C1N=C(N)C=C(CC2=CC[C@@H](C(CC)CCNC)C=C2)C1C(F)F. The Morgan fingerprint density at radius 1 is 1.29 bits per heavy atom. The van der Waals surface area contributed by atoms with Crippen molar-refractivity contribution in [3.05, 3.63) is 59.8 Å². The zero-order valence-corrected chi connectivity index (χ0v) is 19.2. The van der Waals surface area contributed by atoms with Crippen molar-refractivity contribution in [3.8, 4) is 0 Å². The molecule has 2 aliphatic rings. The van der Waals surface area contributed by atoms with Gasteiger partial charge in [-0.1, -0.05) is 61.4 Å². The largest absolute Gasteiger partial charge is 0.384 e. The zero-order chi connectivity index (χ0) is 22.6. The van der Waals surface area contributed by atoms with Gasteiger partial charge < -0.3 is 11.1 Å².